The summed E-state index contributed by atoms with van der Waals surface area (Å²) in [4.78, 5) is 22.8. The summed E-state index contributed by atoms with van der Waals surface area (Å²) in [6, 6.07) is 8.61. The van der Waals surface area contributed by atoms with E-state index in [0.717, 1.165) is 0 Å². The minimum atomic E-state index is -0.353. The van der Waals surface area contributed by atoms with Crippen molar-refractivity contribution in [2.75, 3.05) is 20.2 Å². The van der Waals surface area contributed by atoms with E-state index in [0.29, 0.717) is 11.3 Å². The smallest absolute Gasteiger partial charge is 0.255 e. The summed E-state index contributed by atoms with van der Waals surface area (Å²) in [6.07, 6.45) is -0.180. The van der Waals surface area contributed by atoms with Gasteiger partial charge in [-0.05, 0) is 12.1 Å². The molecule has 0 atom stereocenters. The Labute approximate surface area is 111 Å². The fourth-order valence-corrected chi connectivity index (χ4v) is 1.44. The molecular weight excluding hydrogens is 246 g/mol. The topological polar surface area (TPSA) is 91.2 Å². The molecule has 0 saturated carbocycles. The predicted octanol–water partition coefficient (Wildman–Crippen LogP) is 0.455. The van der Waals surface area contributed by atoms with Crippen molar-refractivity contribution in [2.24, 2.45) is 0 Å². The maximum absolute atomic E-state index is 11.8. The number of amides is 2. The first-order chi connectivity index (χ1) is 9.19. The second-order valence-corrected chi connectivity index (χ2v) is 3.64. The molecule has 1 aromatic carbocycles. The largest absolute Gasteiger partial charge is 0.496 e. The molecule has 0 fully saturated rings. The molecule has 0 heterocycles. The molecule has 6 nitrogen and oxygen atoms in total. The first kappa shape index (κ1) is 14.5. The number of nitrogens with one attached hydrogen (secondary N) is 2. The van der Waals surface area contributed by atoms with Crippen molar-refractivity contribution < 1.29 is 14.3 Å². The molecule has 19 heavy (non-hydrogen) atoms. The zero-order valence-electron chi connectivity index (χ0n) is 10.6. The van der Waals surface area contributed by atoms with Gasteiger partial charge in [0, 0.05) is 13.1 Å². The number of ether oxygens (including phenoxy) is 1. The zero-order valence-corrected chi connectivity index (χ0v) is 10.6. The highest BCUT2D eigenvalue weighted by Gasteiger charge is 2.10. The Bertz CT molecular complexity index is 494. The van der Waals surface area contributed by atoms with Crippen molar-refractivity contribution in [3.8, 4) is 11.8 Å². The van der Waals surface area contributed by atoms with Gasteiger partial charge in [-0.1, -0.05) is 12.1 Å². The van der Waals surface area contributed by atoms with E-state index in [1.807, 2.05) is 0 Å². The molecule has 0 unspecified atom stereocenters. The highest BCUT2D eigenvalue weighted by molar-refractivity contribution is 5.96. The van der Waals surface area contributed by atoms with Gasteiger partial charge in [-0.2, -0.15) is 5.26 Å². The van der Waals surface area contributed by atoms with E-state index in [4.69, 9.17) is 10.00 Å². The Morgan fingerprint density at radius 2 is 1.95 bits per heavy atom. The number of methoxy groups -OCH3 is 1. The molecule has 0 aliphatic rings. The van der Waals surface area contributed by atoms with E-state index in [1.54, 1.807) is 30.3 Å². The quantitative estimate of drug-likeness (QED) is 0.727. The van der Waals surface area contributed by atoms with Crippen LogP contribution in [0.25, 0.3) is 0 Å². The van der Waals surface area contributed by atoms with Crippen molar-refractivity contribution in [1.82, 2.24) is 10.6 Å². The molecular formula is C13H15N3O3. The van der Waals surface area contributed by atoms with E-state index in [-0.39, 0.29) is 31.3 Å². The molecule has 100 valence electrons. The lowest BCUT2D eigenvalue weighted by Crippen LogP contribution is -2.34. The molecule has 0 saturated heterocycles. The monoisotopic (exact) mass is 261 g/mol. The Hall–Kier alpha value is -2.55. The number of nitrogens with zero attached hydrogens (tertiary/aromatic N) is 1. The lowest BCUT2D eigenvalue weighted by atomic mass is 10.2. The van der Waals surface area contributed by atoms with E-state index in [1.165, 1.54) is 7.11 Å². The Balaban J connectivity index is 2.40. The SMILES string of the molecule is COc1ccccc1C(=O)NCCNC(=O)CC#N. The lowest BCUT2D eigenvalue weighted by Gasteiger charge is -2.09. The maximum Gasteiger partial charge on any atom is 0.255 e. The molecule has 6 heteroatoms. The number of carbonyl (C=O) groups is 2. The molecule has 0 aliphatic carbocycles. The van der Waals surface area contributed by atoms with Crippen LogP contribution in [0.4, 0.5) is 0 Å². The van der Waals surface area contributed by atoms with Crippen LogP contribution in [0.2, 0.25) is 0 Å². The van der Waals surface area contributed by atoms with E-state index < -0.39 is 0 Å². The molecule has 0 aliphatic heterocycles. The van der Waals surface area contributed by atoms with Crippen molar-refractivity contribution in [3.05, 3.63) is 29.8 Å². The van der Waals surface area contributed by atoms with E-state index in [9.17, 15) is 9.59 Å². The number of carbonyl (C=O) groups excluding carboxylic acids is 2. The van der Waals surface area contributed by atoms with E-state index in [2.05, 4.69) is 10.6 Å². The number of rotatable bonds is 6. The molecule has 0 spiro atoms. The molecule has 1 rings (SSSR count). The molecule has 0 bridgehead atoms. The first-order valence-corrected chi connectivity index (χ1v) is 5.74. The van der Waals surface area contributed by atoms with Crippen LogP contribution in [-0.2, 0) is 4.79 Å². The number of hydrogen-bond donors (Lipinski definition) is 2. The van der Waals surface area contributed by atoms with Gasteiger partial charge >= 0.3 is 0 Å². The van der Waals surface area contributed by atoms with Crippen molar-refractivity contribution in [3.63, 3.8) is 0 Å². The summed E-state index contributed by atoms with van der Waals surface area (Å²) in [5.41, 5.74) is 0.438. The molecule has 2 amide bonds. The average Bonchev–Trinajstić information content (AvgIpc) is 2.43. The van der Waals surface area contributed by atoms with Gasteiger partial charge in [-0.25, -0.2) is 0 Å². The fourth-order valence-electron chi connectivity index (χ4n) is 1.44. The number of benzene rings is 1. The van der Waals surface area contributed by atoms with Crippen molar-refractivity contribution >= 4 is 11.8 Å². The maximum atomic E-state index is 11.8. The normalized spacial score (nSPS) is 9.26. The van der Waals surface area contributed by atoms with Crippen LogP contribution in [0.1, 0.15) is 16.8 Å². The third kappa shape index (κ3) is 4.68. The minimum absolute atomic E-state index is 0.180. The number of nitriles is 1. The zero-order chi connectivity index (χ0) is 14.1. The summed E-state index contributed by atoms with van der Waals surface area (Å²) in [5.74, 6) is -0.130. The summed E-state index contributed by atoms with van der Waals surface area (Å²) < 4.78 is 5.08. The molecule has 2 N–H and O–H groups in total. The third-order valence-corrected chi connectivity index (χ3v) is 2.32. The fraction of sp³-hybridized carbons (Fsp3) is 0.308. The Morgan fingerprint density at radius 3 is 2.63 bits per heavy atom. The summed E-state index contributed by atoms with van der Waals surface area (Å²) in [7, 11) is 1.49. The van der Waals surface area contributed by atoms with Crippen LogP contribution < -0.4 is 15.4 Å². The highest BCUT2D eigenvalue weighted by Crippen LogP contribution is 2.16. The van der Waals surface area contributed by atoms with Crippen LogP contribution in [0, 0.1) is 11.3 Å². The second kappa shape index (κ2) is 7.71. The van der Waals surface area contributed by atoms with Crippen molar-refractivity contribution in [2.45, 2.75) is 6.42 Å². The van der Waals surface area contributed by atoms with Gasteiger partial charge in [-0.15, -0.1) is 0 Å². The molecule has 0 radical (unpaired) electrons. The second-order valence-electron chi connectivity index (χ2n) is 3.64. The van der Waals surface area contributed by atoms with Gasteiger partial charge in [0.25, 0.3) is 5.91 Å². The minimum Gasteiger partial charge on any atom is -0.496 e. The summed E-state index contributed by atoms with van der Waals surface area (Å²) in [6.45, 7) is 0.565. The van der Waals surface area contributed by atoms with Crippen LogP contribution in [0.5, 0.6) is 5.75 Å². The number of para-hydroxylation sites is 1. The van der Waals surface area contributed by atoms with E-state index >= 15 is 0 Å². The Morgan fingerprint density at radius 1 is 1.26 bits per heavy atom. The van der Waals surface area contributed by atoms with Gasteiger partial charge < -0.3 is 15.4 Å². The molecule has 0 aromatic heterocycles. The lowest BCUT2D eigenvalue weighted by molar-refractivity contribution is -0.120. The standard InChI is InChI=1S/C13H15N3O3/c1-19-11-5-3-2-4-10(11)13(18)16-9-8-15-12(17)6-7-14/h2-5H,6,8-9H2,1H3,(H,15,17)(H,16,18). The van der Waals surface area contributed by atoms with Gasteiger partial charge in [0.1, 0.15) is 12.2 Å². The van der Waals surface area contributed by atoms with Gasteiger partial charge in [0.15, 0.2) is 0 Å². The third-order valence-electron chi connectivity index (χ3n) is 2.32. The first-order valence-electron chi connectivity index (χ1n) is 5.74. The highest BCUT2D eigenvalue weighted by atomic mass is 16.5. The van der Waals surface area contributed by atoms with Gasteiger partial charge in [-0.3, -0.25) is 9.59 Å². The Kier molecular flexibility index (Phi) is 5.89. The predicted molar refractivity (Wildman–Crippen MR) is 68.6 cm³/mol. The van der Waals surface area contributed by atoms with Gasteiger partial charge in [0.2, 0.25) is 5.91 Å². The van der Waals surface area contributed by atoms with Crippen LogP contribution in [0.15, 0.2) is 24.3 Å². The summed E-state index contributed by atoms with van der Waals surface area (Å²) in [5, 5.41) is 13.5. The van der Waals surface area contributed by atoms with Crippen LogP contribution in [-0.4, -0.2) is 32.0 Å². The van der Waals surface area contributed by atoms with Crippen molar-refractivity contribution in [1.29, 1.82) is 5.26 Å². The molecule has 1 aromatic rings. The van der Waals surface area contributed by atoms with Crippen LogP contribution in [0.3, 0.4) is 0 Å². The number of hydrogen-bond acceptors (Lipinski definition) is 4. The summed E-state index contributed by atoms with van der Waals surface area (Å²) >= 11 is 0. The van der Waals surface area contributed by atoms with Gasteiger partial charge in [0.05, 0.1) is 18.7 Å². The van der Waals surface area contributed by atoms with Crippen LogP contribution >= 0.6 is 0 Å². The average molecular weight is 261 g/mol.